The number of amides is 1. The Morgan fingerprint density at radius 1 is 1.24 bits per heavy atom. The maximum absolute atomic E-state index is 9.44. The van der Waals surface area contributed by atoms with Gasteiger partial charge in [-0.2, -0.15) is 17.7 Å². The number of carbonyl (C=O) groups is 2. The van der Waals surface area contributed by atoms with Crippen molar-refractivity contribution in [1.29, 1.82) is 0 Å². The van der Waals surface area contributed by atoms with Crippen LogP contribution in [0.1, 0.15) is 12.5 Å². The summed E-state index contributed by atoms with van der Waals surface area (Å²) in [6.07, 6.45) is 1.16. The molecule has 0 unspecified atom stereocenters. The first-order valence-corrected chi connectivity index (χ1v) is 6.73. The predicted octanol–water partition coefficient (Wildman–Crippen LogP) is 2.98. The molecule has 1 amide bonds. The molecule has 2 aromatic carbocycles. The van der Waals surface area contributed by atoms with Gasteiger partial charge >= 0.3 is 0 Å². The third-order valence-electron chi connectivity index (χ3n) is 1.82. The molecule has 2 aromatic rings. The molecule has 0 spiro atoms. The standard InChI is InChI=1S/C7H9.C5H5.CH4N2OS.CH2OS.Fe/c1-2-7-5-3-4-6-7;1-2-4-5-3-1;2-3-1(4)5;2-1-3;/h3-6H,2H2,1H3;1-5H;2H2,(H2,3,4,5);1H,(H,2,3);/q-1;-5;;;. The zero-order valence-corrected chi connectivity index (χ0v) is 14.5. The van der Waals surface area contributed by atoms with E-state index < -0.39 is 5.24 Å². The van der Waals surface area contributed by atoms with Crippen molar-refractivity contribution < 1.29 is 26.7 Å². The number of nitrogens with one attached hydrogen (secondary N) is 1. The minimum absolute atomic E-state index is 0. The second kappa shape index (κ2) is 21.3. The minimum Gasteiger partial charge on any atom is -0.748 e. The Labute approximate surface area is 147 Å². The first-order chi connectivity index (χ1) is 9.62. The average molecular weight is 368 g/mol. The summed E-state index contributed by atoms with van der Waals surface area (Å²) in [6, 6.07) is 18.4. The van der Waals surface area contributed by atoms with Crippen molar-refractivity contribution in [1.82, 2.24) is 5.43 Å². The van der Waals surface area contributed by atoms with E-state index in [1.165, 1.54) is 5.56 Å². The first kappa shape index (κ1) is 25.0. The van der Waals surface area contributed by atoms with Gasteiger partial charge in [0.15, 0.2) is 5.62 Å². The van der Waals surface area contributed by atoms with E-state index in [0.717, 1.165) is 6.42 Å². The molecule has 0 bridgehead atoms. The average Bonchev–Trinajstić information content (AvgIpc) is 3.16. The van der Waals surface area contributed by atoms with Gasteiger partial charge < -0.3 is 30.3 Å². The molecule has 3 N–H and O–H groups in total. The molecular formula is C14H20FeN2O2S2-6. The van der Waals surface area contributed by atoms with Crippen LogP contribution in [0.2, 0.25) is 0 Å². The van der Waals surface area contributed by atoms with Crippen LogP contribution in [-0.4, -0.2) is 10.9 Å². The third-order valence-corrected chi connectivity index (χ3v) is 1.95. The maximum atomic E-state index is 9.44. The Morgan fingerprint density at radius 2 is 1.52 bits per heavy atom. The van der Waals surface area contributed by atoms with Gasteiger partial charge in [0.1, 0.15) is 0 Å². The molecule has 0 heterocycles. The zero-order valence-electron chi connectivity index (χ0n) is 11.6. The minimum atomic E-state index is -0.523. The van der Waals surface area contributed by atoms with Crippen molar-refractivity contribution in [3.8, 4) is 0 Å². The molecule has 0 aromatic heterocycles. The fourth-order valence-corrected chi connectivity index (χ4v) is 0.970. The third kappa shape index (κ3) is 24.4. The Hall–Kier alpha value is -0.981. The van der Waals surface area contributed by atoms with Gasteiger partial charge in [-0.15, -0.1) is 12.6 Å². The molecule has 4 nitrogen and oxygen atoms in total. The molecule has 124 valence electrons. The van der Waals surface area contributed by atoms with E-state index in [1.807, 2.05) is 30.3 Å². The number of carbonyl (C=O) groups excluding carboxylic acids is 2. The quantitative estimate of drug-likeness (QED) is 0.119. The Balaban J connectivity index is -0.000000211. The fraction of sp³-hybridized carbons (Fsp3) is 0.143. The molecule has 0 radical (unpaired) electrons. The summed E-state index contributed by atoms with van der Waals surface area (Å²) in [5.74, 6) is 4.50. The number of aryl methyl sites for hydroxylation is 1. The molecular weight excluding hydrogens is 348 g/mol. The van der Waals surface area contributed by atoms with E-state index in [2.05, 4.69) is 62.3 Å². The molecule has 21 heavy (non-hydrogen) atoms. The van der Waals surface area contributed by atoms with E-state index >= 15 is 0 Å². The summed E-state index contributed by atoms with van der Waals surface area (Å²) in [5.41, 5.74) is 3.63. The zero-order chi connectivity index (χ0) is 15.6. The Kier molecular flexibility index (Phi) is 25.4. The van der Waals surface area contributed by atoms with E-state index in [0.29, 0.717) is 5.62 Å². The van der Waals surface area contributed by atoms with Crippen LogP contribution in [-0.2, 0) is 28.3 Å². The second-order valence-electron chi connectivity index (χ2n) is 3.16. The maximum Gasteiger partial charge on any atom is 0.289 e. The second-order valence-corrected chi connectivity index (χ2v) is 3.78. The van der Waals surface area contributed by atoms with Gasteiger partial charge in [-0.3, -0.25) is 15.0 Å². The normalized spacial score (nSPS) is 7.24. The van der Waals surface area contributed by atoms with Crippen molar-refractivity contribution in [2.75, 3.05) is 0 Å². The molecule has 0 aliphatic carbocycles. The van der Waals surface area contributed by atoms with Crippen molar-refractivity contribution in [3.63, 3.8) is 0 Å². The molecule has 0 aliphatic heterocycles. The summed E-state index contributed by atoms with van der Waals surface area (Å²) in [4.78, 5) is 18.1. The summed E-state index contributed by atoms with van der Waals surface area (Å²) >= 11 is 6.33. The van der Waals surface area contributed by atoms with Crippen LogP contribution in [0, 0.1) is 0 Å². The van der Waals surface area contributed by atoms with Crippen molar-refractivity contribution in [2.24, 2.45) is 5.84 Å². The van der Waals surface area contributed by atoms with E-state index in [4.69, 9.17) is 4.79 Å². The van der Waals surface area contributed by atoms with E-state index in [-0.39, 0.29) is 17.1 Å². The van der Waals surface area contributed by atoms with Crippen LogP contribution < -0.4 is 11.3 Å². The molecule has 0 saturated heterocycles. The van der Waals surface area contributed by atoms with Crippen molar-refractivity contribution >= 4 is 36.1 Å². The van der Waals surface area contributed by atoms with Gasteiger partial charge in [-0.1, -0.05) is 26.0 Å². The van der Waals surface area contributed by atoms with Crippen LogP contribution in [0.5, 0.6) is 0 Å². The number of thiol groups is 2. The van der Waals surface area contributed by atoms with Crippen LogP contribution >= 0.6 is 25.3 Å². The summed E-state index contributed by atoms with van der Waals surface area (Å²) in [7, 11) is 0. The largest absolute Gasteiger partial charge is 0.748 e. The van der Waals surface area contributed by atoms with Gasteiger partial charge in [0, 0.05) is 17.1 Å². The Morgan fingerprint density at radius 3 is 1.67 bits per heavy atom. The molecule has 2 rings (SSSR count). The van der Waals surface area contributed by atoms with Gasteiger partial charge in [-0.25, -0.2) is 18.0 Å². The first-order valence-electron chi connectivity index (χ1n) is 5.76. The fourth-order valence-electron chi connectivity index (χ4n) is 0.970. The monoisotopic (exact) mass is 368 g/mol. The summed E-state index contributed by atoms with van der Waals surface area (Å²) < 4.78 is 0. The molecule has 0 atom stereocenters. The van der Waals surface area contributed by atoms with Crippen LogP contribution in [0.15, 0.2) is 54.6 Å². The number of hydrogen-bond acceptors (Lipinski definition) is 3. The SMILES string of the molecule is CC[c-]1cccc1.NNC(=O)S.O=CS.[Fe].[cH-]1[cH-][cH-][cH-][cH-]1. The summed E-state index contributed by atoms with van der Waals surface area (Å²) in [5, 5.41) is -0.523. The molecule has 7 heteroatoms. The Bertz CT molecular complexity index is 389. The van der Waals surface area contributed by atoms with Crippen LogP contribution in [0.25, 0.3) is 0 Å². The van der Waals surface area contributed by atoms with E-state index in [9.17, 15) is 4.79 Å². The molecule has 0 fully saturated rings. The van der Waals surface area contributed by atoms with Gasteiger partial charge in [-0.05, 0) is 0 Å². The van der Waals surface area contributed by atoms with Crippen LogP contribution in [0.4, 0.5) is 4.79 Å². The van der Waals surface area contributed by atoms with Gasteiger partial charge in [0.25, 0.3) is 5.24 Å². The number of hydrogen-bond donors (Lipinski definition) is 4. The van der Waals surface area contributed by atoms with Gasteiger partial charge in [0.05, 0.1) is 0 Å². The van der Waals surface area contributed by atoms with Crippen LogP contribution in [0.3, 0.4) is 0 Å². The van der Waals surface area contributed by atoms with E-state index in [1.54, 1.807) is 5.43 Å². The van der Waals surface area contributed by atoms with Gasteiger partial charge in [0.2, 0.25) is 0 Å². The number of rotatable bonds is 1. The predicted molar refractivity (Wildman–Crippen MR) is 90.9 cm³/mol. The van der Waals surface area contributed by atoms with Crippen molar-refractivity contribution in [2.45, 2.75) is 13.3 Å². The summed E-state index contributed by atoms with van der Waals surface area (Å²) in [6.45, 7) is 2.16. The van der Waals surface area contributed by atoms with Crippen molar-refractivity contribution in [3.05, 3.63) is 60.2 Å². The molecule has 0 aliphatic rings. The topological polar surface area (TPSA) is 72.2 Å². The smallest absolute Gasteiger partial charge is 0.289 e. The number of nitrogens with two attached hydrogens (primary N) is 1. The molecule has 0 saturated carbocycles. The number of hydrazine groups is 1.